The Bertz CT molecular complexity index is 611. The molecule has 0 saturated heterocycles. The Morgan fingerprint density at radius 3 is 2.05 bits per heavy atom. The van der Waals surface area contributed by atoms with Gasteiger partial charge in [-0.2, -0.15) is 0 Å². The highest BCUT2D eigenvalue weighted by atomic mass is 35.5. The molecule has 0 atom stereocenters. The van der Waals surface area contributed by atoms with Gasteiger partial charge in [0.05, 0.1) is 0 Å². The van der Waals surface area contributed by atoms with Gasteiger partial charge in [-0.25, -0.2) is 0 Å². The molecule has 0 aromatic heterocycles. The summed E-state index contributed by atoms with van der Waals surface area (Å²) in [7, 11) is 0. The third-order valence-electron chi connectivity index (χ3n) is 4.08. The van der Waals surface area contributed by atoms with E-state index in [2.05, 4.69) is 58.0 Å². The average molecular weight is 287 g/mol. The van der Waals surface area contributed by atoms with Crippen LogP contribution in [0.5, 0.6) is 0 Å². The molecule has 0 radical (unpaired) electrons. The van der Waals surface area contributed by atoms with E-state index in [4.69, 9.17) is 11.6 Å². The maximum Gasteiger partial charge on any atom is 0.0444 e. The molecule has 0 aliphatic heterocycles. The molecule has 0 aliphatic rings. The van der Waals surface area contributed by atoms with E-state index < -0.39 is 0 Å². The van der Waals surface area contributed by atoms with Crippen molar-refractivity contribution in [3.63, 3.8) is 0 Å². The highest BCUT2D eigenvalue weighted by Crippen LogP contribution is 2.24. The molecule has 0 N–H and O–H groups in total. The second kappa shape index (κ2) is 6.45. The molecule has 2 rings (SSSR count). The van der Waals surface area contributed by atoms with Gasteiger partial charge in [0.1, 0.15) is 0 Å². The Balaban J connectivity index is 2.32. The minimum absolute atomic E-state index is 0.890. The molecule has 2 aromatic rings. The van der Waals surface area contributed by atoms with Crippen LogP contribution in [0.2, 0.25) is 5.02 Å². The van der Waals surface area contributed by atoms with Crippen LogP contribution in [0.15, 0.2) is 30.3 Å². The molecule has 0 saturated carbocycles. The Morgan fingerprint density at radius 2 is 1.45 bits per heavy atom. The molecule has 0 aliphatic carbocycles. The predicted molar refractivity (Wildman–Crippen MR) is 88.9 cm³/mol. The molecule has 0 spiro atoms. The van der Waals surface area contributed by atoms with Gasteiger partial charge in [0.2, 0.25) is 0 Å². The number of hydrogen-bond acceptors (Lipinski definition) is 0. The van der Waals surface area contributed by atoms with Gasteiger partial charge in [0.15, 0.2) is 0 Å². The summed E-state index contributed by atoms with van der Waals surface area (Å²) in [4.78, 5) is 0. The molecule has 0 nitrogen and oxygen atoms in total. The first-order valence-electron chi connectivity index (χ1n) is 7.41. The molecule has 1 heteroatoms. The third kappa shape index (κ3) is 3.24. The normalized spacial score (nSPS) is 10.8. The fourth-order valence-electron chi connectivity index (χ4n) is 2.67. The number of aryl methyl sites for hydroxylation is 4. The Labute approximate surface area is 127 Å². The standard InChI is InChI=1S/C19H23Cl/c1-5-15-7-8-17(19(20)11-15)12-18-10-13(3)16(6-2)9-14(18)4/h7-11H,5-6,12H2,1-4H3. The molecular weight excluding hydrogens is 264 g/mol. The maximum absolute atomic E-state index is 6.41. The minimum Gasteiger partial charge on any atom is -0.0840 e. The summed E-state index contributed by atoms with van der Waals surface area (Å²) in [6.45, 7) is 8.76. The highest BCUT2D eigenvalue weighted by molar-refractivity contribution is 6.31. The first kappa shape index (κ1) is 15.1. The SMILES string of the molecule is CCc1ccc(Cc2cc(C)c(CC)cc2C)c(Cl)c1. The van der Waals surface area contributed by atoms with E-state index in [1.165, 1.54) is 33.4 Å². The summed E-state index contributed by atoms with van der Waals surface area (Å²) in [5, 5.41) is 0.890. The van der Waals surface area contributed by atoms with Gasteiger partial charge in [0, 0.05) is 5.02 Å². The number of rotatable bonds is 4. The molecule has 20 heavy (non-hydrogen) atoms. The Morgan fingerprint density at radius 1 is 0.800 bits per heavy atom. The van der Waals surface area contributed by atoms with Gasteiger partial charge in [-0.15, -0.1) is 0 Å². The summed E-state index contributed by atoms with van der Waals surface area (Å²) >= 11 is 6.41. The second-order valence-electron chi connectivity index (χ2n) is 5.51. The van der Waals surface area contributed by atoms with E-state index in [1.807, 2.05) is 0 Å². The summed E-state index contributed by atoms with van der Waals surface area (Å²) in [6, 6.07) is 11.1. The van der Waals surface area contributed by atoms with Crippen LogP contribution >= 0.6 is 11.6 Å². The Kier molecular flexibility index (Phi) is 4.88. The molecule has 0 heterocycles. The van der Waals surface area contributed by atoms with Crippen molar-refractivity contribution >= 4 is 11.6 Å². The lowest BCUT2D eigenvalue weighted by Crippen LogP contribution is -1.97. The Hall–Kier alpha value is -1.27. The van der Waals surface area contributed by atoms with Crippen LogP contribution in [-0.4, -0.2) is 0 Å². The molecule has 0 fully saturated rings. The molecular formula is C19H23Cl. The fraction of sp³-hybridized carbons (Fsp3) is 0.368. The summed E-state index contributed by atoms with van der Waals surface area (Å²) in [5.41, 5.74) is 8.09. The molecule has 0 amide bonds. The molecule has 0 unspecified atom stereocenters. The van der Waals surface area contributed by atoms with Gasteiger partial charge in [-0.3, -0.25) is 0 Å². The number of benzene rings is 2. The highest BCUT2D eigenvalue weighted by Gasteiger charge is 2.07. The second-order valence-corrected chi connectivity index (χ2v) is 5.92. The van der Waals surface area contributed by atoms with E-state index in [9.17, 15) is 0 Å². The number of hydrogen-bond donors (Lipinski definition) is 0. The zero-order chi connectivity index (χ0) is 14.7. The van der Waals surface area contributed by atoms with Crippen molar-refractivity contribution in [2.45, 2.75) is 47.0 Å². The van der Waals surface area contributed by atoms with Crippen LogP contribution in [0.25, 0.3) is 0 Å². The van der Waals surface area contributed by atoms with Crippen molar-refractivity contribution in [3.8, 4) is 0 Å². The largest absolute Gasteiger partial charge is 0.0840 e. The zero-order valence-electron chi connectivity index (χ0n) is 12.9. The monoisotopic (exact) mass is 286 g/mol. The maximum atomic E-state index is 6.41. The molecule has 2 aromatic carbocycles. The quantitative estimate of drug-likeness (QED) is 0.679. The van der Waals surface area contributed by atoms with E-state index in [0.717, 1.165) is 24.3 Å². The summed E-state index contributed by atoms with van der Waals surface area (Å²) in [6.07, 6.45) is 3.04. The van der Waals surface area contributed by atoms with E-state index in [1.54, 1.807) is 0 Å². The first-order chi connectivity index (χ1) is 9.55. The van der Waals surface area contributed by atoms with E-state index in [0.29, 0.717) is 0 Å². The van der Waals surface area contributed by atoms with E-state index >= 15 is 0 Å². The van der Waals surface area contributed by atoms with Crippen molar-refractivity contribution < 1.29 is 0 Å². The lowest BCUT2D eigenvalue weighted by atomic mass is 9.94. The average Bonchev–Trinajstić information content (AvgIpc) is 2.44. The predicted octanol–water partition coefficient (Wildman–Crippen LogP) is 5.67. The van der Waals surface area contributed by atoms with Crippen molar-refractivity contribution in [3.05, 3.63) is 68.7 Å². The zero-order valence-corrected chi connectivity index (χ0v) is 13.6. The lowest BCUT2D eigenvalue weighted by Gasteiger charge is -2.13. The van der Waals surface area contributed by atoms with Crippen LogP contribution in [0, 0.1) is 13.8 Å². The topological polar surface area (TPSA) is 0 Å². The lowest BCUT2D eigenvalue weighted by molar-refractivity contribution is 1.06. The van der Waals surface area contributed by atoms with Crippen molar-refractivity contribution in [2.24, 2.45) is 0 Å². The van der Waals surface area contributed by atoms with Gasteiger partial charge < -0.3 is 0 Å². The summed E-state index contributed by atoms with van der Waals surface area (Å²) < 4.78 is 0. The molecule has 0 bridgehead atoms. The van der Waals surface area contributed by atoms with Gasteiger partial charge in [-0.05, 0) is 72.6 Å². The van der Waals surface area contributed by atoms with Gasteiger partial charge in [-0.1, -0.05) is 49.7 Å². The van der Waals surface area contributed by atoms with Crippen LogP contribution in [0.3, 0.4) is 0 Å². The van der Waals surface area contributed by atoms with E-state index in [-0.39, 0.29) is 0 Å². The van der Waals surface area contributed by atoms with Gasteiger partial charge in [0.25, 0.3) is 0 Å². The van der Waals surface area contributed by atoms with Crippen molar-refractivity contribution in [1.82, 2.24) is 0 Å². The third-order valence-corrected chi connectivity index (χ3v) is 4.43. The van der Waals surface area contributed by atoms with Crippen LogP contribution < -0.4 is 0 Å². The van der Waals surface area contributed by atoms with Crippen molar-refractivity contribution in [1.29, 1.82) is 0 Å². The minimum atomic E-state index is 0.890. The molecule has 106 valence electrons. The smallest absolute Gasteiger partial charge is 0.0444 e. The number of halogens is 1. The summed E-state index contributed by atoms with van der Waals surface area (Å²) in [5.74, 6) is 0. The van der Waals surface area contributed by atoms with Crippen LogP contribution in [0.1, 0.15) is 47.2 Å². The van der Waals surface area contributed by atoms with Crippen LogP contribution in [-0.2, 0) is 19.3 Å². The van der Waals surface area contributed by atoms with Gasteiger partial charge >= 0.3 is 0 Å². The van der Waals surface area contributed by atoms with Crippen LogP contribution in [0.4, 0.5) is 0 Å². The first-order valence-corrected chi connectivity index (χ1v) is 7.79. The fourth-order valence-corrected chi connectivity index (χ4v) is 2.94. The van der Waals surface area contributed by atoms with Crippen molar-refractivity contribution in [2.75, 3.05) is 0 Å².